The minimum absolute atomic E-state index is 0.701. The number of carbonyl (C=O) groups excluding carboxylic acids is 1. The van der Waals surface area contributed by atoms with E-state index >= 15 is 0 Å². The Balaban J connectivity index is 2.33. The van der Waals surface area contributed by atoms with E-state index in [9.17, 15) is 4.79 Å². The molecule has 2 aromatic carbocycles. The van der Waals surface area contributed by atoms with E-state index in [-0.39, 0.29) is 0 Å². The highest BCUT2D eigenvalue weighted by atomic mass is 16.1. The Morgan fingerprint density at radius 3 is 2.79 bits per heavy atom. The van der Waals surface area contributed by atoms with Crippen molar-refractivity contribution in [2.75, 3.05) is 0 Å². The highest BCUT2D eigenvalue weighted by molar-refractivity contribution is 5.97. The first-order valence-electron chi connectivity index (χ1n) is 6.18. The van der Waals surface area contributed by atoms with Crippen LogP contribution < -0.4 is 0 Å². The van der Waals surface area contributed by atoms with Gasteiger partial charge < -0.3 is 0 Å². The van der Waals surface area contributed by atoms with Crippen molar-refractivity contribution in [3.63, 3.8) is 0 Å². The van der Waals surface area contributed by atoms with Crippen molar-refractivity contribution in [1.29, 1.82) is 0 Å². The maximum atomic E-state index is 11.0. The van der Waals surface area contributed by atoms with Gasteiger partial charge in [0.05, 0.1) is 0 Å². The summed E-state index contributed by atoms with van der Waals surface area (Å²) in [6.07, 6.45) is 4.54. The Hall–Kier alpha value is -2.48. The second-order valence-corrected chi connectivity index (χ2v) is 4.59. The van der Waals surface area contributed by atoms with E-state index in [1.807, 2.05) is 42.6 Å². The number of pyridine rings is 1. The third kappa shape index (κ3) is 2.02. The van der Waals surface area contributed by atoms with E-state index in [1.54, 1.807) is 6.20 Å². The monoisotopic (exact) mass is 247 g/mol. The predicted octanol–water partition coefficient (Wildman–Crippen LogP) is 4.02. The van der Waals surface area contributed by atoms with E-state index in [1.165, 1.54) is 0 Å². The molecule has 0 aliphatic rings. The molecular formula is C17H13NO. The van der Waals surface area contributed by atoms with Gasteiger partial charge in [-0.1, -0.05) is 30.3 Å². The van der Waals surface area contributed by atoms with Crippen LogP contribution in [0.15, 0.2) is 54.9 Å². The molecule has 92 valence electrons. The van der Waals surface area contributed by atoms with Crippen LogP contribution in [0, 0.1) is 6.92 Å². The molecule has 3 aromatic rings. The van der Waals surface area contributed by atoms with Gasteiger partial charge in [0, 0.05) is 23.3 Å². The number of aryl methyl sites for hydroxylation is 1. The van der Waals surface area contributed by atoms with Gasteiger partial charge in [0.2, 0.25) is 0 Å². The maximum Gasteiger partial charge on any atom is 0.150 e. The molecule has 0 bridgehead atoms. The smallest absolute Gasteiger partial charge is 0.150 e. The highest BCUT2D eigenvalue weighted by Crippen LogP contribution is 2.30. The number of aldehydes is 1. The molecule has 0 saturated heterocycles. The zero-order chi connectivity index (χ0) is 13.2. The number of hydrogen-bond acceptors (Lipinski definition) is 2. The largest absolute Gasteiger partial charge is 0.298 e. The van der Waals surface area contributed by atoms with Gasteiger partial charge in [-0.15, -0.1) is 0 Å². The van der Waals surface area contributed by atoms with Gasteiger partial charge in [-0.3, -0.25) is 9.78 Å². The molecule has 0 unspecified atom stereocenters. The van der Waals surface area contributed by atoms with Gasteiger partial charge in [-0.2, -0.15) is 0 Å². The van der Waals surface area contributed by atoms with E-state index in [0.29, 0.717) is 5.56 Å². The van der Waals surface area contributed by atoms with Gasteiger partial charge in [0.25, 0.3) is 0 Å². The van der Waals surface area contributed by atoms with Crippen molar-refractivity contribution >= 4 is 17.1 Å². The molecule has 0 atom stereocenters. The summed E-state index contributed by atoms with van der Waals surface area (Å²) in [7, 11) is 0. The second kappa shape index (κ2) is 4.65. The van der Waals surface area contributed by atoms with Crippen molar-refractivity contribution in [2.24, 2.45) is 0 Å². The molecule has 0 amide bonds. The topological polar surface area (TPSA) is 30.0 Å². The van der Waals surface area contributed by atoms with Crippen molar-refractivity contribution in [3.05, 3.63) is 66.0 Å². The van der Waals surface area contributed by atoms with E-state index < -0.39 is 0 Å². The first-order valence-corrected chi connectivity index (χ1v) is 6.18. The molecule has 1 heterocycles. The fourth-order valence-corrected chi connectivity index (χ4v) is 2.36. The lowest BCUT2D eigenvalue weighted by Gasteiger charge is -2.10. The maximum absolute atomic E-state index is 11.0. The third-order valence-electron chi connectivity index (χ3n) is 3.37. The molecule has 0 N–H and O–H groups in total. The summed E-state index contributed by atoms with van der Waals surface area (Å²) in [5.41, 5.74) is 4.10. The Bertz CT molecular complexity index is 757. The number of fused-ring (bicyclic) bond motifs is 1. The number of benzene rings is 2. The van der Waals surface area contributed by atoms with Crippen LogP contribution in [-0.4, -0.2) is 11.3 Å². The molecule has 0 saturated carbocycles. The van der Waals surface area contributed by atoms with Crippen molar-refractivity contribution in [2.45, 2.75) is 6.92 Å². The quantitative estimate of drug-likeness (QED) is 0.640. The molecule has 19 heavy (non-hydrogen) atoms. The molecule has 0 spiro atoms. The van der Waals surface area contributed by atoms with Crippen LogP contribution in [0.4, 0.5) is 0 Å². The van der Waals surface area contributed by atoms with E-state index in [4.69, 9.17) is 0 Å². The molecule has 0 aliphatic heterocycles. The number of carbonyl (C=O) groups is 1. The molecule has 1 aromatic heterocycles. The van der Waals surface area contributed by atoms with Crippen molar-refractivity contribution in [3.8, 4) is 11.1 Å². The Labute approximate surface area is 111 Å². The Kier molecular flexibility index (Phi) is 2.84. The lowest BCUT2D eigenvalue weighted by Crippen LogP contribution is -1.89. The molecule has 2 nitrogen and oxygen atoms in total. The zero-order valence-corrected chi connectivity index (χ0v) is 10.6. The summed E-state index contributed by atoms with van der Waals surface area (Å²) < 4.78 is 0. The van der Waals surface area contributed by atoms with Crippen LogP contribution in [0.1, 0.15) is 15.9 Å². The molecule has 0 radical (unpaired) electrons. The van der Waals surface area contributed by atoms with Crippen LogP contribution in [0.3, 0.4) is 0 Å². The molecule has 3 rings (SSSR count). The van der Waals surface area contributed by atoms with Crippen LogP contribution >= 0.6 is 0 Å². The highest BCUT2D eigenvalue weighted by Gasteiger charge is 2.07. The first kappa shape index (κ1) is 11.6. The first-order chi connectivity index (χ1) is 9.29. The fourth-order valence-electron chi connectivity index (χ4n) is 2.36. The van der Waals surface area contributed by atoms with Gasteiger partial charge in [-0.25, -0.2) is 0 Å². The molecule has 2 heteroatoms. The Morgan fingerprint density at radius 2 is 1.95 bits per heavy atom. The number of rotatable bonds is 2. The minimum Gasteiger partial charge on any atom is -0.298 e. The van der Waals surface area contributed by atoms with Gasteiger partial charge in [0.15, 0.2) is 0 Å². The Morgan fingerprint density at radius 1 is 1.05 bits per heavy atom. The zero-order valence-electron chi connectivity index (χ0n) is 10.6. The number of hydrogen-bond donors (Lipinski definition) is 0. The average molecular weight is 247 g/mol. The third-order valence-corrected chi connectivity index (χ3v) is 3.37. The van der Waals surface area contributed by atoms with Crippen molar-refractivity contribution < 1.29 is 4.79 Å². The van der Waals surface area contributed by atoms with Crippen LogP contribution in [0.2, 0.25) is 0 Å². The van der Waals surface area contributed by atoms with Crippen LogP contribution in [0.5, 0.6) is 0 Å². The standard InChI is InChI=1S/C17H13NO/c1-12-5-6-13(11-19)9-17(12)16-4-2-3-14-10-18-8-7-15(14)16/h2-11H,1H3. The van der Waals surface area contributed by atoms with Crippen LogP contribution in [-0.2, 0) is 0 Å². The summed E-state index contributed by atoms with van der Waals surface area (Å²) in [6.45, 7) is 2.06. The average Bonchev–Trinajstić information content (AvgIpc) is 2.47. The summed E-state index contributed by atoms with van der Waals surface area (Å²) in [4.78, 5) is 15.1. The molecule has 0 aliphatic carbocycles. The lowest BCUT2D eigenvalue weighted by molar-refractivity contribution is 0.112. The van der Waals surface area contributed by atoms with Gasteiger partial charge in [0.1, 0.15) is 6.29 Å². The molecule has 0 fully saturated rings. The predicted molar refractivity (Wildman–Crippen MR) is 77.3 cm³/mol. The lowest BCUT2D eigenvalue weighted by atomic mass is 9.94. The molecular weight excluding hydrogens is 234 g/mol. The van der Waals surface area contributed by atoms with Gasteiger partial charge >= 0.3 is 0 Å². The minimum atomic E-state index is 0.701. The van der Waals surface area contributed by atoms with E-state index in [2.05, 4.69) is 18.0 Å². The number of aromatic nitrogens is 1. The second-order valence-electron chi connectivity index (χ2n) is 4.59. The SMILES string of the molecule is Cc1ccc(C=O)cc1-c1cccc2cnccc12. The summed E-state index contributed by atoms with van der Waals surface area (Å²) in [6, 6.07) is 13.9. The number of nitrogens with zero attached hydrogens (tertiary/aromatic N) is 1. The van der Waals surface area contributed by atoms with Crippen molar-refractivity contribution in [1.82, 2.24) is 4.98 Å². The summed E-state index contributed by atoms with van der Waals surface area (Å²) in [5.74, 6) is 0. The van der Waals surface area contributed by atoms with Gasteiger partial charge in [-0.05, 0) is 41.1 Å². The van der Waals surface area contributed by atoms with E-state index in [0.717, 1.165) is 33.7 Å². The summed E-state index contributed by atoms with van der Waals surface area (Å²) in [5, 5.41) is 2.26. The summed E-state index contributed by atoms with van der Waals surface area (Å²) >= 11 is 0. The normalized spacial score (nSPS) is 10.6. The fraction of sp³-hybridized carbons (Fsp3) is 0.0588. The van der Waals surface area contributed by atoms with Crippen LogP contribution in [0.25, 0.3) is 21.9 Å².